The Morgan fingerprint density at radius 3 is 1.46 bits per heavy atom. The fourth-order valence-electron chi connectivity index (χ4n) is 1.68. The summed E-state index contributed by atoms with van der Waals surface area (Å²) in [6, 6.07) is 0. The summed E-state index contributed by atoms with van der Waals surface area (Å²) in [5, 5.41) is 7.34. The van der Waals surface area contributed by atoms with Crippen LogP contribution in [0.3, 0.4) is 0 Å². The molecule has 0 aromatic rings. The highest BCUT2D eigenvalue weighted by atomic mass is 32.1. The van der Waals surface area contributed by atoms with Gasteiger partial charge in [-0.25, -0.2) is 13.2 Å². The lowest BCUT2D eigenvalue weighted by molar-refractivity contribution is -0.150. The van der Waals surface area contributed by atoms with E-state index < -0.39 is 52.4 Å². The van der Waals surface area contributed by atoms with E-state index in [0.717, 1.165) is 0 Å². The first-order chi connectivity index (χ1) is 12.0. The molecule has 0 saturated heterocycles. The highest BCUT2D eigenvalue weighted by molar-refractivity contribution is 7.80. The summed E-state index contributed by atoms with van der Waals surface area (Å²) in [6.45, 7) is 3.06. The fourth-order valence-corrected chi connectivity index (χ4v) is 2.38. The van der Waals surface area contributed by atoms with Gasteiger partial charge in [0.15, 0.2) is 0 Å². The van der Waals surface area contributed by atoms with Crippen molar-refractivity contribution in [2.24, 2.45) is 0 Å². The van der Waals surface area contributed by atoms with Gasteiger partial charge in [0, 0.05) is 12.3 Å². The molecule has 0 fully saturated rings. The van der Waals surface area contributed by atoms with Crippen LogP contribution >= 0.6 is 37.9 Å². The van der Waals surface area contributed by atoms with Gasteiger partial charge >= 0.3 is 0 Å². The Bertz CT molecular complexity index is 534. The summed E-state index contributed by atoms with van der Waals surface area (Å²) < 4.78 is 43.8. The SMILES string of the molecule is CCNC(=O)[C@](F)(CS)NC(=O)[C@](F)(CS)NC(=O)C(F)(CS)NCC. The average molecular weight is 437 g/mol. The van der Waals surface area contributed by atoms with Crippen molar-refractivity contribution in [2.75, 3.05) is 30.3 Å². The molecule has 0 bridgehead atoms. The lowest BCUT2D eigenvalue weighted by atomic mass is 10.1. The van der Waals surface area contributed by atoms with Crippen LogP contribution in [0.25, 0.3) is 0 Å². The molecule has 152 valence electrons. The van der Waals surface area contributed by atoms with E-state index in [0.29, 0.717) is 0 Å². The second-order valence-electron chi connectivity index (χ2n) is 5.18. The standard InChI is InChI=1S/C13H23F3N4O3S3/c1-3-17-8(21)12(15,6-25)20-10(23)13(16,7-26)19-9(22)11(14,5-24)18-4-2/h18,24-26H,3-7H2,1-2H3,(H,17,21)(H,19,22)(H,20,23)/t11?,12-,13-/m0/s1. The zero-order chi connectivity index (χ0) is 20.6. The zero-order valence-electron chi connectivity index (χ0n) is 14.2. The number of carbonyl (C=O) groups is 3. The quantitative estimate of drug-likeness (QED) is 0.179. The Morgan fingerprint density at radius 1 is 0.731 bits per heavy atom. The smallest absolute Gasteiger partial charge is 0.282 e. The molecule has 0 saturated carbocycles. The number of amides is 3. The molecule has 0 rings (SSSR count). The van der Waals surface area contributed by atoms with Crippen LogP contribution in [-0.2, 0) is 14.4 Å². The molecule has 0 radical (unpaired) electrons. The van der Waals surface area contributed by atoms with Gasteiger partial charge in [0.1, 0.15) is 0 Å². The molecule has 26 heavy (non-hydrogen) atoms. The molecule has 7 nitrogen and oxygen atoms in total. The number of halogens is 3. The number of rotatable bonds is 11. The maximum atomic E-state index is 14.8. The zero-order valence-corrected chi connectivity index (χ0v) is 16.9. The summed E-state index contributed by atoms with van der Waals surface area (Å²) in [7, 11) is 0. The van der Waals surface area contributed by atoms with E-state index >= 15 is 0 Å². The van der Waals surface area contributed by atoms with Gasteiger partial charge in [-0.15, -0.1) is 0 Å². The molecule has 0 heterocycles. The molecular formula is C13H23F3N4O3S3. The van der Waals surface area contributed by atoms with Gasteiger partial charge in [0.25, 0.3) is 29.3 Å². The number of alkyl halides is 3. The van der Waals surface area contributed by atoms with Crippen molar-refractivity contribution in [1.29, 1.82) is 0 Å². The Hall–Kier alpha value is -0.790. The predicted octanol–water partition coefficient (Wildman–Crippen LogP) is -0.249. The van der Waals surface area contributed by atoms with Crippen LogP contribution in [0.2, 0.25) is 0 Å². The number of hydrogen-bond acceptors (Lipinski definition) is 7. The summed E-state index contributed by atoms with van der Waals surface area (Å²) >= 11 is 10.9. The van der Waals surface area contributed by atoms with Gasteiger partial charge in [-0.3, -0.25) is 19.7 Å². The van der Waals surface area contributed by atoms with Crippen molar-refractivity contribution >= 4 is 55.6 Å². The predicted molar refractivity (Wildman–Crippen MR) is 102 cm³/mol. The maximum absolute atomic E-state index is 14.8. The molecule has 4 N–H and O–H groups in total. The third kappa shape index (κ3) is 6.13. The van der Waals surface area contributed by atoms with E-state index in [4.69, 9.17) is 0 Å². The van der Waals surface area contributed by atoms with Gasteiger partial charge in [0.05, 0.1) is 11.5 Å². The normalized spacial score (nSPS) is 18.0. The molecule has 13 heteroatoms. The van der Waals surface area contributed by atoms with Crippen molar-refractivity contribution in [3.63, 3.8) is 0 Å². The highest BCUT2D eigenvalue weighted by Crippen LogP contribution is 2.18. The van der Waals surface area contributed by atoms with Crippen molar-refractivity contribution in [2.45, 2.75) is 31.2 Å². The Labute approximate surface area is 166 Å². The lowest BCUT2D eigenvalue weighted by Gasteiger charge is -2.31. The topological polar surface area (TPSA) is 99.3 Å². The summed E-state index contributed by atoms with van der Waals surface area (Å²) in [6.07, 6.45) is 0. The molecular weight excluding hydrogens is 413 g/mol. The lowest BCUT2D eigenvalue weighted by Crippen LogP contribution is -2.68. The van der Waals surface area contributed by atoms with Crippen LogP contribution in [0, 0.1) is 0 Å². The van der Waals surface area contributed by atoms with Gasteiger partial charge < -0.3 is 16.0 Å². The fraction of sp³-hybridized carbons (Fsp3) is 0.769. The van der Waals surface area contributed by atoms with Crippen molar-refractivity contribution in [1.82, 2.24) is 21.3 Å². The third-order valence-corrected chi connectivity index (χ3v) is 4.46. The molecule has 1 unspecified atom stereocenters. The molecule has 0 aliphatic carbocycles. The van der Waals surface area contributed by atoms with E-state index in [1.165, 1.54) is 24.5 Å². The van der Waals surface area contributed by atoms with Gasteiger partial charge in [0.2, 0.25) is 5.79 Å². The number of likely N-dealkylation sites (N-methyl/N-ethyl adjacent to an activating group) is 2. The molecule has 0 spiro atoms. The minimum absolute atomic E-state index is 0.0151. The van der Waals surface area contributed by atoms with Crippen LogP contribution in [-0.4, -0.2) is 65.4 Å². The largest absolute Gasteiger partial charge is 0.352 e. The van der Waals surface area contributed by atoms with E-state index in [9.17, 15) is 27.6 Å². The molecule has 3 amide bonds. The van der Waals surface area contributed by atoms with Crippen molar-refractivity contribution in [3.8, 4) is 0 Å². The first-order valence-corrected chi connectivity index (χ1v) is 9.46. The highest BCUT2D eigenvalue weighted by Gasteiger charge is 2.49. The number of nitrogens with one attached hydrogen (secondary N) is 4. The molecule has 0 aromatic heterocycles. The van der Waals surface area contributed by atoms with Crippen molar-refractivity contribution < 1.29 is 27.6 Å². The number of hydrogen-bond donors (Lipinski definition) is 7. The average Bonchev–Trinajstić information content (AvgIpc) is 2.61. The van der Waals surface area contributed by atoms with Gasteiger partial charge in [-0.1, -0.05) is 6.92 Å². The molecule has 0 aromatic carbocycles. The molecule has 0 aliphatic rings. The van der Waals surface area contributed by atoms with Crippen LogP contribution in [0.15, 0.2) is 0 Å². The van der Waals surface area contributed by atoms with Crippen molar-refractivity contribution in [3.05, 3.63) is 0 Å². The second kappa shape index (κ2) is 10.5. The number of thiol groups is 3. The maximum Gasteiger partial charge on any atom is 0.282 e. The minimum Gasteiger partial charge on any atom is -0.352 e. The Morgan fingerprint density at radius 2 is 1.12 bits per heavy atom. The first kappa shape index (κ1) is 25.2. The Balaban J connectivity index is 5.43. The molecule has 0 aliphatic heterocycles. The van der Waals surface area contributed by atoms with Gasteiger partial charge in [-0.2, -0.15) is 37.9 Å². The van der Waals surface area contributed by atoms with E-state index in [2.05, 4.69) is 48.5 Å². The number of carbonyl (C=O) groups excluding carboxylic acids is 3. The van der Waals surface area contributed by atoms with E-state index in [1.54, 1.807) is 0 Å². The minimum atomic E-state index is -3.29. The molecule has 3 atom stereocenters. The first-order valence-electron chi connectivity index (χ1n) is 7.56. The monoisotopic (exact) mass is 436 g/mol. The van der Waals surface area contributed by atoms with Crippen LogP contribution < -0.4 is 21.3 Å². The van der Waals surface area contributed by atoms with E-state index in [-0.39, 0.29) is 13.1 Å². The summed E-state index contributed by atoms with van der Waals surface area (Å²) in [5.41, 5.74) is 0. The van der Waals surface area contributed by atoms with Crippen LogP contribution in [0.1, 0.15) is 13.8 Å². The second-order valence-corrected chi connectivity index (χ2v) is 6.12. The van der Waals surface area contributed by atoms with Gasteiger partial charge in [-0.05, 0) is 13.5 Å². The third-order valence-electron chi connectivity index (χ3n) is 3.15. The summed E-state index contributed by atoms with van der Waals surface area (Å²) in [5.74, 6) is -16.0. The van der Waals surface area contributed by atoms with Crippen LogP contribution in [0.5, 0.6) is 0 Å². The Kier molecular flexibility index (Phi) is 10.2. The summed E-state index contributed by atoms with van der Waals surface area (Å²) in [4.78, 5) is 35.8. The van der Waals surface area contributed by atoms with Crippen LogP contribution in [0.4, 0.5) is 13.2 Å². The van der Waals surface area contributed by atoms with E-state index in [1.807, 2.05) is 0 Å².